The average Bonchev–Trinajstić information content (AvgIpc) is 2.53. The van der Waals surface area contributed by atoms with Crippen LogP contribution in [0.15, 0.2) is 23.2 Å². The van der Waals surface area contributed by atoms with Gasteiger partial charge in [0, 0.05) is 18.7 Å². The zero-order valence-electron chi connectivity index (χ0n) is 15.3. The van der Waals surface area contributed by atoms with E-state index in [-0.39, 0.29) is 29.7 Å². The van der Waals surface area contributed by atoms with Crippen molar-refractivity contribution in [3.63, 3.8) is 0 Å². The second kappa shape index (κ2) is 13.1. The quantitative estimate of drug-likeness (QED) is 0.232. The predicted octanol–water partition coefficient (Wildman–Crippen LogP) is 3.90. The Kier molecular flexibility index (Phi) is 12.5. The van der Waals surface area contributed by atoms with Gasteiger partial charge in [-0.2, -0.15) is 0 Å². The summed E-state index contributed by atoms with van der Waals surface area (Å²) in [6.45, 7) is 8.66. The first-order valence-electron chi connectivity index (χ1n) is 8.45. The SMILES string of the molecule is CCNC(=NCc1cccc(OC)c1O)NCCCCC(C)C.I. The lowest BCUT2D eigenvalue weighted by atomic mass is 10.1. The summed E-state index contributed by atoms with van der Waals surface area (Å²) < 4.78 is 5.12. The molecule has 0 aliphatic rings. The number of aliphatic imine (C=N–C) groups is 1. The van der Waals surface area contributed by atoms with E-state index in [1.54, 1.807) is 13.2 Å². The summed E-state index contributed by atoms with van der Waals surface area (Å²) in [4.78, 5) is 4.53. The summed E-state index contributed by atoms with van der Waals surface area (Å²) in [5.74, 6) is 2.17. The van der Waals surface area contributed by atoms with Crippen LogP contribution in [0, 0.1) is 5.92 Å². The Hall–Kier alpha value is -1.18. The summed E-state index contributed by atoms with van der Waals surface area (Å²) in [6, 6.07) is 5.45. The van der Waals surface area contributed by atoms with Gasteiger partial charge >= 0.3 is 0 Å². The zero-order chi connectivity index (χ0) is 17.1. The van der Waals surface area contributed by atoms with Crippen LogP contribution in [0.4, 0.5) is 0 Å². The highest BCUT2D eigenvalue weighted by molar-refractivity contribution is 14.0. The lowest BCUT2D eigenvalue weighted by Gasteiger charge is -2.12. The van der Waals surface area contributed by atoms with E-state index in [9.17, 15) is 5.11 Å². The second-order valence-corrected chi connectivity index (χ2v) is 5.98. The standard InChI is InChI=1S/C18H31N3O2.HI/c1-5-19-18(20-12-7-6-9-14(2)3)21-13-15-10-8-11-16(23-4)17(15)22;/h8,10-11,14,22H,5-7,9,12-13H2,1-4H3,(H2,19,20,21);1H. The van der Waals surface area contributed by atoms with Gasteiger partial charge in [-0.15, -0.1) is 24.0 Å². The number of hydrogen-bond donors (Lipinski definition) is 3. The van der Waals surface area contributed by atoms with Crippen LogP contribution < -0.4 is 15.4 Å². The van der Waals surface area contributed by atoms with E-state index >= 15 is 0 Å². The lowest BCUT2D eigenvalue weighted by Crippen LogP contribution is -2.37. The number of ether oxygens (including phenoxy) is 1. The Morgan fingerprint density at radius 2 is 2.00 bits per heavy atom. The monoisotopic (exact) mass is 449 g/mol. The minimum absolute atomic E-state index is 0. The maximum absolute atomic E-state index is 10.1. The molecule has 0 fully saturated rings. The molecule has 1 aromatic carbocycles. The number of phenols is 1. The number of nitrogens with one attached hydrogen (secondary N) is 2. The first-order chi connectivity index (χ1) is 11.1. The summed E-state index contributed by atoms with van der Waals surface area (Å²) >= 11 is 0. The number of unbranched alkanes of at least 4 members (excludes halogenated alkanes) is 1. The van der Waals surface area contributed by atoms with Crippen LogP contribution in [0.25, 0.3) is 0 Å². The first-order valence-corrected chi connectivity index (χ1v) is 8.45. The highest BCUT2D eigenvalue weighted by atomic mass is 127. The Bertz CT molecular complexity index is 493. The second-order valence-electron chi connectivity index (χ2n) is 5.98. The number of phenolic OH excluding ortho intramolecular Hbond substituents is 1. The van der Waals surface area contributed by atoms with Crippen molar-refractivity contribution in [1.29, 1.82) is 0 Å². The van der Waals surface area contributed by atoms with Crippen molar-refractivity contribution >= 4 is 29.9 Å². The van der Waals surface area contributed by atoms with E-state index in [1.165, 1.54) is 12.8 Å². The van der Waals surface area contributed by atoms with Gasteiger partial charge in [-0.05, 0) is 25.3 Å². The maximum Gasteiger partial charge on any atom is 0.191 e. The fourth-order valence-corrected chi connectivity index (χ4v) is 2.25. The molecule has 138 valence electrons. The van der Waals surface area contributed by atoms with Crippen LogP contribution in [0.5, 0.6) is 11.5 Å². The van der Waals surface area contributed by atoms with Gasteiger partial charge < -0.3 is 20.5 Å². The molecule has 1 rings (SSSR count). The van der Waals surface area contributed by atoms with Gasteiger partial charge in [0.15, 0.2) is 17.5 Å². The van der Waals surface area contributed by atoms with E-state index in [0.717, 1.165) is 37.0 Å². The van der Waals surface area contributed by atoms with Crippen LogP contribution in [0.3, 0.4) is 0 Å². The number of aromatic hydroxyl groups is 1. The molecule has 0 amide bonds. The number of halogens is 1. The molecule has 1 aromatic rings. The number of para-hydroxylation sites is 1. The van der Waals surface area contributed by atoms with Gasteiger partial charge in [0.05, 0.1) is 13.7 Å². The number of guanidine groups is 1. The molecule has 0 unspecified atom stereocenters. The molecule has 0 aliphatic heterocycles. The molecule has 0 spiro atoms. The van der Waals surface area contributed by atoms with Gasteiger partial charge in [-0.25, -0.2) is 4.99 Å². The number of benzene rings is 1. The van der Waals surface area contributed by atoms with E-state index < -0.39 is 0 Å². The Morgan fingerprint density at radius 3 is 2.62 bits per heavy atom. The van der Waals surface area contributed by atoms with Crippen LogP contribution in [-0.4, -0.2) is 31.3 Å². The first kappa shape index (κ1) is 22.8. The summed E-state index contributed by atoms with van der Waals surface area (Å²) in [7, 11) is 1.55. The van der Waals surface area contributed by atoms with Gasteiger partial charge in [0.25, 0.3) is 0 Å². The topological polar surface area (TPSA) is 65.9 Å². The van der Waals surface area contributed by atoms with Gasteiger partial charge in [-0.3, -0.25) is 0 Å². The fourth-order valence-electron chi connectivity index (χ4n) is 2.25. The number of hydrogen-bond acceptors (Lipinski definition) is 3. The highest BCUT2D eigenvalue weighted by Gasteiger charge is 2.07. The molecule has 0 heterocycles. The molecule has 0 saturated carbocycles. The van der Waals surface area contributed by atoms with Crippen LogP contribution in [-0.2, 0) is 6.54 Å². The summed E-state index contributed by atoms with van der Waals surface area (Å²) in [5, 5.41) is 16.7. The van der Waals surface area contributed by atoms with Gasteiger partial charge in [0.1, 0.15) is 0 Å². The predicted molar refractivity (Wildman–Crippen MR) is 112 cm³/mol. The van der Waals surface area contributed by atoms with Crippen molar-refractivity contribution < 1.29 is 9.84 Å². The normalized spacial score (nSPS) is 11.1. The molecular formula is C18H32IN3O2. The smallest absolute Gasteiger partial charge is 0.191 e. The van der Waals surface area contributed by atoms with Gasteiger partial charge in [-0.1, -0.05) is 38.8 Å². The van der Waals surface area contributed by atoms with Gasteiger partial charge in [0.2, 0.25) is 0 Å². The molecule has 5 nitrogen and oxygen atoms in total. The van der Waals surface area contributed by atoms with Crippen molar-refractivity contribution in [1.82, 2.24) is 10.6 Å². The largest absolute Gasteiger partial charge is 0.504 e. The molecule has 0 atom stereocenters. The van der Waals surface area contributed by atoms with E-state index in [2.05, 4.69) is 29.5 Å². The van der Waals surface area contributed by atoms with Crippen molar-refractivity contribution in [2.45, 2.75) is 46.6 Å². The van der Waals surface area contributed by atoms with Crippen LogP contribution >= 0.6 is 24.0 Å². The van der Waals surface area contributed by atoms with Crippen molar-refractivity contribution in [3.05, 3.63) is 23.8 Å². The maximum atomic E-state index is 10.1. The van der Waals surface area contributed by atoms with E-state index in [0.29, 0.717) is 12.3 Å². The molecule has 24 heavy (non-hydrogen) atoms. The Labute approximate surface area is 163 Å². The number of rotatable bonds is 9. The molecule has 0 saturated heterocycles. The van der Waals surface area contributed by atoms with Crippen LogP contribution in [0.2, 0.25) is 0 Å². The molecular weight excluding hydrogens is 417 g/mol. The number of nitrogens with zero attached hydrogens (tertiary/aromatic N) is 1. The molecule has 3 N–H and O–H groups in total. The molecule has 6 heteroatoms. The molecule has 0 radical (unpaired) electrons. The molecule has 0 bridgehead atoms. The summed E-state index contributed by atoms with van der Waals surface area (Å²) in [5.41, 5.74) is 0.751. The summed E-state index contributed by atoms with van der Waals surface area (Å²) in [6.07, 6.45) is 3.61. The Morgan fingerprint density at radius 1 is 1.25 bits per heavy atom. The van der Waals surface area contributed by atoms with E-state index in [1.807, 2.05) is 19.1 Å². The third kappa shape index (κ3) is 8.61. The zero-order valence-corrected chi connectivity index (χ0v) is 17.6. The fraction of sp³-hybridized carbons (Fsp3) is 0.611. The Balaban J connectivity index is 0.00000529. The molecule has 0 aliphatic carbocycles. The molecule has 0 aromatic heterocycles. The highest BCUT2D eigenvalue weighted by Crippen LogP contribution is 2.29. The lowest BCUT2D eigenvalue weighted by molar-refractivity contribution is 0.370. The van der Waals surface area contributed by atoms with Crippen LogP contribution in [0.1, 0.15) is 45.6 Å². The third-order valence-electron chi connectivity index (χ3n) is 3.55. The van der Waals surface area contributed by atoms with Crippen molar-refractivity contribution in [2.75, 3.05) is 20.2 Å². The van der Waals surface area contributed by atoms with Crippen molar-refractivity contribution in [3.8, 4) is 11.5 Å². The number of methoxy groups -OCH3 is 1. The van der Waals surface area contributed by atoms with Crippen molar-refractivity contribution in [2.24, 2.45) is 10.9 Å². The van der Waals surface area contributed by atoms with E-state index in [4.69, 9.17) is 4.74 Å². The minimum atomic E-state index is 0. The average molecular weight is 449 g/mol. The third-order valence-corrected chi connectivity index (χ3v) is 3.55. The minimum Gasteiger partial charge on any atom is -0.504 e.